The number of hydrogen-bond acceptors (Lipinski definition) is 5. The minimum absolute atomic E-state index is 0.0910. The van der Waals surface area contributed by atoms with Gasteiger partial charge in [0.1, 0.15) is 17.1 Å². The highest BCUT2D eigenvalue weighted by molar-refractivity contribution is 5.84. The predicted molar refractivity (Wildman–Crippen MR) is 91.1 cm³/mol. The van der Waals surface area contributed by atoms with E-state index in [-0.39, 0.29) is 17.7 Å². The molecule has 0 saturated heterocycles. The van der Waals surface area contributed by atoms with Gasteiger partial charge in [0.05, 0.1) is 10.9 Å². The van der Waals surface area contributed by atoms with E-state index in [0.717, 1.165) is 5.56 Å². The highest BCUT2D eigenvalue weighted by atomic mass is 16.5. The van der Waals surface area contributed by atoms with E-state index in [9.17, 15) is 14.7 Å². The van der Waals surface area contributed by atoms with Crippen molar-refractivity contribution in [2.24, 2.45) is 0 Å². The number of carboxylic acids is 1. The van der Waals surface area contributed by atoms with Crippen molar-refractivity contribution in [1.29, 1.82) is 0 Å². The molecule has 0 spiro atoms. The van der Waals surface area contributed by atoms with Crippen LogP contribution in [0.15, 0.2) is 57.7 Å². The van der Waals surface area contributed by atoms with Gasteiger partial charge < -0.3 is 19.4 Å². The number of ether oxygens (including phenoxy) is 1. The topological polar surface area (TPSA) is 97.0 Å². The molecule has 1 unspecified atom stereocenters. The molecular weight excluding hydrogens is 324 g/mol. The Labute approximate surface area is 142 Å². The van der Waals surface area contributed by atoms with Gasteiger partial charge in [-0.1, -0.05) is 24.3 Å². The average Bonchev–Trinajstić information content (AvgIpc) is 2.60. The fourth-order valence-electron chi connectivity index (χ4n) is 2.47. The molecule has 3 rings (SSSR count). The predicted octanol–water partition coefficient (Wildman–Crippen LogP) is 2.94. The molecule has 0 amide bonds. The fraction of sp³-hybridized carbons (Fsp3) is 0.158. The molecule has 1 atom stereocenters. The zero-order valence-electron chi connectivity index (χ0n) is 13.4. The lowest BCUT2D eigenvalue weighted by Crippen LogP contribution is -2.22. The Morgan fingerprint density at radius 3 is 2.52 bits per heavy atom. The zero-order valence-corrected chi connectivity index (χ0v) is 13.4. The molecule has 1 heterocycles. The Balaban J connectivity index is 1.86. The number of aliphatic carboxylic acids is 1. The standard InChI is InChI=1S/C19H16O6/c1-11(18(21)22)24-13-8-6-12(7-9-13)10-15-17(20)14-4-2-3-5-16(14)25-19(15)23/h2-9,11,20H,10H2,1H3,(H,21,22). The molecule has 0 aliphatic heterocycles. The molecule has 0 bridgehead atoms. The van der Waals surface area contributed by atoms with Crippen LogP contribution < -0.4 is 10.4 Å². The van der Waals surface area contributed by atoms with Gasteiger partial charge in [0, 0.05) is 6.42 Å². The first-order valence-corrected chi connectivity index (χ1v) is 7.68. The molecular formula is C19H16O6. The highest BCUT2D eigenvalue weighted by Gasteiger charge is 2.15. The summed E-state index contributed by atoms with van der Waals surface area (Å²) in [6.45, 7) is 1.44. The van der Waals surface area contributed by atoms with E-state index in [4.69, 9.17) is 14.3 Å². The van der Waals surface area contributed by atoms with Crippen molar-refractivity contribution in [3.8, 4) is 11.5 Å². The summed E-state index contributed by atoms with van der Waals surface area (Å²) in [7, 11) is 0. The van der Waals surface area contributed by atoms with Crippen molar-refractivity contribution >= 4 is 16.9 Å². The van der Waals surface area contributed by atoms with Crippen LogP contribution in [0.1, 0.15) is 18.1 Å². The first-order chi connectivity index (χ1) is 12.0. The van der Waals surface area contributed by atoms with E-state index in [2.05, 4.69) is 0 Å². The monoisotopic (exact) mass is 340 g/mol. The van der Waals surface area contributed by atoms with Crippen LogP contribution in [-0.4, -0.2) is 22.3 Å². The van der Waals surface area contributed by atoms with Crippen molar-refractivity contribution < 1.29 is 24.2 Å². The lowest BCUT2D eigenvalue weighted by molar-refractivity contribution is -0.144. The molecule has 25 heavy (non-hydrogen) atoms. The maximum Gasteiger partial charge on any atom is 0.344 e. The third kappa shape index (κ3) is 3.47. The van der Waals surface area contributed by atoms with Crippen LogP contribution in [0.25, 0.3) is 11.0 Å². The minimum Gasteiger partial charge on any atom is -0.507 e. The van der Waals surface area contributed by atoms with Gasteiger partial charge in [-0.25, -0.2) is 9.59 Å². The number of carboxylic acid groups (broad SMARTS) is 1. The third-order valence-electron chi connectivity index (χ3n) is 3.84. The molecule has 0 fully saturated rings. The average molecular weight is 340 g/mol. The third-order valence-corrected chi connectivity index (χ3v) is 3.84. The maximum atomic E-state index is 12.1. The summed E-state index contributed by atoms with van der Waals surface area (Å²) in [6.07, 6.45) is -0.768. The van der Waals surface area contributed by atoms with E-state index >= 15 is 0 Å². The van der Waals surface area contributed by atoms with Crippen LogP contribution in [0.3, 0.4) is 0 Å². The molecule has 0 saturated carbocycles. The number of fused-ring (bicyclic) bond motifs is 1. The van der Waals surface area contributed by atoms with Gasteiger partial charge in [-0.3, -0.25) is 0 Å². The highest BCUT2D eigenvalue weighted by Crippen LogP contribution is 2.27. The zero-order chi connectivity index (χ0) is 18.0. The second-order valence-corrected chi connectivity index (χ2v) is 5.63. The van der Waals surface area contributed by atoms with Gasteiger partial charge in [-0.2, -0.15) is 0 Å². The smallest absolute Gasteiger partial charge is 0.344 e. The van der Waals surface area contributed by atoms with Gasteiger partial charge >= 0.3 is 11.6 Å². The Bertz CT molecular complexity index is 971. The quantitative estimate of drug-likeness (QED) is 0.693. The first-order valence-electron chi connectivity index (χ1n) is 7.68. The summed E-state index contributed by atoms with van der Waals surface area (Å²) in [5.41, 5.74) is 0.677. The molecule has 0 aliphatic carbocycles. The first kappa shape index (κ1) is 16.6. The summed E-state index contributed by atoms with van der Waals surface area (Å²) in [4.78, 5) is 22.9. The van der Waals surface area contributed by atoms with E-state index < -0.39 is 17.7 Å². The molecule has 2 aromatic carbocycles. The number of carbonyl (C=O) groups is 1. The number of benzene rings is 2. The van der Waals surface area contributed by atoms with Gasteiger partial charge in [0.2, 0.25) is 0 Å². The van der Waals surface area contributed by atoms with Crippen molar-refractivity contribution in [2.75, 3.05) is 0 Å². The molecule has 0 aliphatic rings. The van der Waals surface area contributed by atoms with Gasteiger partial charge in [0.25, 0.3) is 0 Å². The molecule has 1 aromatic heterocycles. The van der Waals surface area contributed by atoms with Crippen molar-refractivity contribution in [3.05, 3.63) is 70.1 Å². The van der Waals surface area contributed by atoms with Crippen LogP contribution in [0.2, 0.25) is 0 Å². The minimum atomic E-state index is -1.05. The molecule has 3 aromatic rings. The van der Waals surface area contributed by atoms with Crippen LogP contribution in [0.5, 0.6) is 11.5 Å². The summed E-state index contributed by atoms with van der Waals surface area (Å²) < 4.78 is 10.5. The van der Waals surface area contributed by atoms with Crippen molar-refractivity contribution in [1.82, 2.24) is 0 Å². The van der Waals surface area contributed by atoms with Crippen LogP contribution in [0, 0.1) is 0 Å². The lowest BCUT2D eigenvalue weighted by Gasteiger charge is -2.11. The van der Waals surface area contributed by atoms with E-state index in [1.165, 1.54) is 6.92 Å². The summed E-state index contributed by atoms with van der Waals surface area (Å²) in [6, 6.07) is 13.4. The van der Waals surface area contributed by atoms with Crippen molar-refractivity contribution in [3.63, 3.8) is 0 Å². The lowest BCUT2D eigenvalue weighted by atomic mass is 10.0. The van der Waals surface area contributed by atoms with Gasteiger partial charge in [-0.05, 0) is 36.8 Å². The number of para-hydroxylation sites is 1. The van der Waals surface area contributed by atoms with Crippen LogP contribution in [0.4, 0.5) is 0 Å². The Morgan fingerprint density at radius 2 is 1.84 bits per heavy atom. The second kappa shape index (κ2) is 6.68. The van der Waals surface area contributed by atoms with Gasteiger partial charge in [0.15, 0.2) is 6.10 Å². The summed E-state index contributed by atoms with van der Waals surface area (Å²) in [5.74, 6) is -0.733. The molecule has 0 radical (unpaired) electrons. The molecule has 6 heteroatoms. The number of aromatic hydroxyl groups is 1. The Morgan fingerprint density at radius 1 is 1.16 bits per heavy atom. The molecule has 2 N–H and O–H groups in total. The molecule has 128 valence electrons. The van der Waals surface area contributed by atoms with Crippen LogP contribution in [-0.2, 0) is 11.2 Å². The fourth-order valence-corrected chi connectivity index (χ4v) is 2.47. The summed E-state index contributed by atoms with van der Waals surface area (Å²) in [5, 5.41) is 19.7. The maximum absolute atomic E-state index is 12.1. The molecule has 6 nitrogen and oxygen atoms in total. The Hall–Kier alpha value is -3.28. The largest absolute Gasteiger partial charge is 0.507 e. The van der Waals surface area contributed by atoms with Gasteiger partial charge in [-0.15, -0.1) is 0 Å². The van der Waals surface area contributed by atoms with E-state index in [1.54, 1.807) is 48.5 Å². The van der Waals surface area contributed by atoms with E-state index in [1.807, 2.05) is 0 Å². The van der Waals surface area contributed by atoms with E-state index in [0.29, 0.717) is 16.7 Å². The number of hydrogen-bond donors (Lipinski definition) is 2. The van der Waals surface area contributed by atoms with Crippen molar-refractivity contribution in [2.45, 2.75) is 19.4 Å². The number of rotatable bonds is 5. The Kier molecular flexibility index (Phi) is 4.43. The SMILES string of the molecule is CC(Oc1ccc(Cc2c(O)c3ccccc3oc2=O)cc1)C(=O)O. The van der Waals surface area contributed by atoms with Crippen LogP contribution >= 0.6 is 0 Å². The normalized spacial score (nSPS) is 12.0. The summed E-state index contributed by atoms with van der Waals surface area (Å²) >= 11 is 0. The second-order valence-electron chi connectivity index (χ2n) is 5.63.